The second-order valence-electron chi connectivity index (χ2n) is 3.68. The van der Waals surface area contributed by atoms with Crippen molar-refractivity contribution < 1.29 is 22.7 Å². The second-order valence-corrected chi connectivity index (χ2v) is 3.68. The van der Waals surface area contributed by atoms with Crippen LogP contribution in [-0.4, -0.2) is 5.11 Å². The van der Waals surface area contributed by atoms with Crippen LogP contribution >= 0.6 is 0 Å². The summed E-state index contributed by atoms with van der Waals surface area (Å²) in [4.78, 5) is 0. The summed E-state index contributed by atoms with van der Waals surface area (Å²) in [6, 6.07) is 8.22. The van der Waals surface area contributed by atoms with Gasteiger partial charge in [-0.2, -0.15) is 13.2 Å². The summed E-state index contributed by atoms with van der Waals surface area (Å²) in [5, 5.41) is 9.20. The molecule has 1 nitrogen and oxygen atoms in total. The summed E-state index contributed by atoms with van der Waals surface area (Å²) in [6.45, 7) is 0. The Morgan fingerprint density at radius 1 is 0.833 bits per heavy atom. The molecular formula is C13H8F4O. The molecule has 0 aromatic heterocycles. The minimum atomic E-state index is -4.57. The van der Waals surface area contributed by atoms with Crippen LogP contribution < -0.4 is 0 Å². The molecule has 0 radical (unpaired) electrons. The van der Waals surface area contributed by atoms with Crippen molar-refractivity contribution >= 4 is 0 Å². The molecule has 5 heteroatoms. The molecule has 0 saturated carbocycles. The average molecular weight is 256 g/mol. The van der Waals surface area contributed by atoms with Crippen LogP contribution in [0.5, 0.6) is 5.75 Å². The molecule has 0 aliphatic rings. The predicted octanol–water partition coefficient (Wildman–Crippen LogP) is 4.22. The summed E-state index contributed by atoms with van der Waals surface area (Å²) in [5.74, 6) is -1.74. The number of phenols is 1. The highest BCUT2D eigenvalue weighted by Gasteiger charge is 2.33. The number of alkyl halides is 3. The SMILES string of the molecule is Oc1cccc(-c2ccccc2C(F)(F)F)c1F. The first-order chi connectivity index (χ1) is 8.41. The van der Waals surface area contributed by atoms with Crippen LogP contribution in [0, 0.1) is 5.82 Å². The fraction of sp³-hybridized carbons (Fsp3) is 0.0769. The van der Waals surface area contributed by atoms with Gasteiger partial charge in [-0.1, -0.05) is 30.3 Å². The highest BCUT2D eigenvalue weighted by molar-refractivity contribution is 5.70. The number of halogens is 4. The number of aromatic hydroxyl groups is 1. The first-order valence-electron chi connectivity index (χ1n) is 5.05. The first kappa shape index (κ1) is 12.4. The molecule has 2 aromatic rings. The molecule has 1 N–H and O–H groups in total. The van der Waals surface area contributed by atoms with Gasteiger partial charge in [0.1, 0.15) is 0 Å². The van der Waals surface area contributed by atoms with E-state index in [-0.39, 0.29) is 11.1 Å². The number of benzene rings is 2. The van der Waals surface area contributed by atoms with Crippen molar-refractivity contribution in [1.29, 1.82) is 0 Å². The molecular weight excluding hydrogens is 248 g/mol. The number of phenolic OH excluding ortho intramolecular Hbond substituents is 1. The molecule has 18 heavy (non-hydrogen) atoms. The molecule has 0 aliphatic carbocycles. The van der Waals surface area contributed by atoms with E-state index < -0.39 is 23.3 Å². The third-order valence-electron chi connectivity index (χ3n) is 2.50. The summed E-state index contributed by atoms with van der Waals surface area (Å²) in [5.41, 5.74) is -1.50. The molecule has 0 unspecified atom stereocenters. The predicted molar refractivity (Wildman–Crippen MR) is 58.5 cm³/mol. The zero-order valence-corrected chi connectivity index (χ0v) is 9.00. The Hall–Kier alpha value is -2.04. The maximum absolute atomic E-state index is 13.6. The van der Waals surface area contributed by atoms with E-state index in [9.17, 15) is 22.7 Å². The lowest BCUT2D eigenvalue weighted by Gasteiger charge is -2.13. The summed E-state index contributed by atoms with van der Waals surface area (Å²) in [6.07, 6.45) is -4.57. The molecule has 0 bridgehead atoms. The van der Waals surface area contributed by atoms with E-state index in [2.05, 4.69) is 0 Å². The lowest BCUT2D eigenvalue weighted by atomic mass is 9.98. The van der Waals surface area contributed by atoms with Crippen LogP contribution in [0.1, 0.15) is 5.56 Å². The van der Waals surface area contributed by atoms with Crippen molar-refractivity contribution in [2.45, 2.75) is 6.18 Å². The van der Waals surface area contributed by atoms with E-state index in [4.69, 9.17) is 0 Å². The van der Waals surface area contributed by atoms with E-state index in [0.717, 1.165) is 12.1 Å². The molecule has 2 rings (SSSR count). The minimum Gasteiger partial charge on any atom is -0.505 e. The topological polar surface area (TPSA) is 20.2 Å². The molecule has 0 fully saturated rings. The second kappa shape index (κ2) is 4.33. The van der Waals surface area contributed by atoms with Gasteiger partial charge >= 0.3 is 6.18 Å². The summed E-state index contributed by atoms with van der Waals surface area (Å²) in [7, 11) is 0. The van der Waals surface area contributed by atoms with Crippen LogP contribution in [0.4, 0.5) is 17.6 Å². The van der Waals surface area contributed by atoms with Crippen molar-refractivity contribution in [3.05, 3.63) is 53.8 Å². The summed E-state index contributed by atoms with van der Waals surface area (Å²) >= 11 is 0. The van der Waals surface area contributed by atoms with Crippen molar-refractivity contribution in [3.8, 4) is 16.9 Å². The van der Waals surface area contributed by atoms with Gasteiger partial charge in [0.25, 0.3) is 0 Å². The molecule has 0 atom stereocenters. The molecule has 94 valence electrons. The standard InChI is InChI=1S/C13H8F4O/c14-12-9(5-3-7-11(12)18)8-4-1-2-6-10(8)13(15,16)17/h1-7,18H. The van der Waals surface area contributed by atoms with Gasteiger partial charge in [-0.15, -0.1) is 0 Å². The van der Waals surface area contributed by atoms with Crippen molar-refractivity contribution in [3.63, 3.8) is 0 Å². The Kier molecular flexibility index (Phi) is 2.98. The maximum atomic E-state index is 13.6. The Morgan fingerprint density at radius 3 is 2.11 bits per heavy atom. The van der Waals surface area contributed by atoms with Crippen molar-refractivity contribution in [1.82, 2.24) is 0 Å². The van der Waals surface area contributed by atoms with Crippen LogP contribution in [0.25, 0.3) is 11.1 Å². The largest absolute Gasteiger partial charge is 0.505 e. The zero-order chi connectivity index (χ0) is 13.3. The van der Waals surface area contributed by atoms with E-state index in [1.165, 1.54) is 30.3 Å². The van der Waals surface area contributed by atoms with Gasteiger partial charge in [0.2, 0.25) is 0 Å². The maximum Gasteiger partial charge on any atom is 0.417 e. The fourth-order valence-corrected chi connectivity index (χ4v) is 1.69. The van der Waals surface area contributed by atoms with E-state index in [1.54, 1.807) is 0 Å². The van der Waals surface area contributed by atoms with Crippen molar-refractivity contribution in [2.24, 2.45) is 0 Å². The van der Waals surface area contributed by atoms with Gasteiger partial charge in [0.15, 0.2) is 11.6 Å². The summed E-state index contributed by atoms with van der Waals surface area (Å²) < 4.78 is 52.0. The van der Waals surface area contributed by atoms with Crippen LogP contribution in [0.3, 0.4) is 0 Å². The monoisotopic (exact) mass is 256 g/mol. The highest BCUT2D eigenvalue weighted by atomic mass is 19.4. The average Bonchev–Trinajstić information content (AvgIpc) is 2.32. The first-order valence-corrected chi connectivity index (χ1v) is 5.05. The van der Waals surface area contributed by atoms with E-state index in [0.29, 0.717) is 0 Å². The van der Waals surface area contributed by atoms with Crippen molar-refractivity contribution in [2.75, 3.05) is 0 Å². The van der Waals surface area contributed by atoms with Gasteiger partial charge in [0, 0.05) is 5.56 Å². The molecule has 2 aromatic carbocycles. The normalized spacial score (nSPS) is 11.6. The van der Waals surface area contributed by atoms with Gasteiger partial charge in [-0.3, -0.25) is 0 Å². The number of rotatable bonds is 1. The lowest BCUT2D eigenvalue weighted by Crippen LogP contribution is -2.07. The molecule has 0 amide bonds. The lowest BCUT2D eigenvalue weighted by molar-refractivity contribution is -0.137. The quantitative estimate of drug-likeness (QED) is 0.757. The highest BCUT2D eigenvalue weighted by Crippen LogP contribution is 2.38. The molecule has 0 saturated heterocycles. The van der Waals surface area contributed by atoms with Crippen LogP contribution in [-0.2, 0) is 6.18 Å². The van der Waals surface area contributed by atoms with Crippen LogP contribution in [0.15, 0.2) is 42.5 Å². The zero-order valence-electron chi connectivity index (χ0n) is 9.00. The van der Waals surface area contributed by atoms with Crippen LogP contribution in [0.2, 0.25) is 0 Å². The van der Waals surface area contributed by atoms with E-state index in [1.807, 2.05) is 0 Å². The Bertz CT molecular complexity index is 575. The fourth-order valence-electron chi connectivity index (χ4n) is 1.69. The Morgan fingerprint density at radius 2 is 1.44 bits per heavy atom. The van der Waals surface area contributed by atoms with Gasteiger partial charge in [-0.25, -0.2) is 4.39 Å². The Labute approximate surface area is 100 Å². The Balaban J connectivity index is 2.69. The number of hydrogen-bond donors (Lipinski definition) is 1. The van der Waals surface area contributed by atoms with Gasteiger partial charge < -0.3 is 5.11 Å². The van der Waals surface area contributed by atoms with Gasteiger partial charge in [-0.05, 0) is 17.7 Å². The number of hydrogen-bond acceptors (Lipinski definition) is 1. The molecule has 0 aliphatic heterocycles. The smallest absolute Gasteiger partial charge is 0.417 e. The third-order valence-corrected chi connectivity index (χ3v) is 2.50. The van der Waals surface area contributed by atoms with E-state index >= 15 is 0 Å². The molecule has 0 heterocycles. The van der Waals surface area contributed by atoms with Gasteiger partial charge in [0.05, 0.1) is 5.56 Å². The minimum absolute atomic E-state index is 0.275. The third kappa shape index (κ3) is 2.16. The molecule has 0 spiro atoms.